The molecule has 0 spiro atoms. The third-order valence-corrected chi connectivity index (χ3v) is 3.39. The number of rotatable bonds is 8. The highest BCUT2D eigenvalue weighted by Crippen LogP contribution is 2.06. The Morgan fingerprint density at radius 3 is 2.36 bits per heavy atom. The lowest BCUT2D eigenvalue weighted by Crippen LogP contribution is -2.45. The highest BCUT2D eigenvalue weighted by Gasteiger charge is 2.16. The first-order valence-electron chi connectivity index (χ1n) is 8.67. The summed E-state index contributed by atoms with van der Waals surface area (Å²) >= 11 is 0. The molecule has 11 heteroatoms. The van der Waals surface area contributed by atoms with Crippen molar-refractivity contribution in [2.45, 2.75) is 52.8 Å². The van der Waals surface area contributed by atoms with E-state index in [1.807, 2.05) is 0 Å². The zero-order chi connectivity index (χ0) is 21.5. The number of carboxylic acids is 1. The number of hydrogen-bond donors (Lipinski definition) is 3. The van der Waals surface area contributed by atoms with Crippen molar-refractivity contribution in [1.29, 1.82) is 0 Å². The maximum Gasteiger partial charge on any atom is 0.407 e. The van der Waals surface area contributed by atoms with Crippen molar-refractivity contribution in [2.75, 3.05) is 13.1 Å². The van der Waals surface area contributed by atoms with Gasteiger partial charge >= 0.3 is 17.8 Å². The largest absolute Gasteiger partial charge is 0.481 e. The number of aryl methyl sites for hydroxylation is 1. The van der Waals surface area contributed by atoms with Gasteiger partial charge in [-0.3, -0.25) is 23.5 Å². The molecule has 28 heavy (non-hydrogen) atoms. The minimum atomic E-state index is -1.06. The van der Waals surface area contributed by atoms with Crippen LogP contribution in [-0.2, 0) is 27.4 Å². The number of nitrogens with one attached hydrogen (secondary N) is 2. The first-order valence-corrected chi connectivity index (χ1v) is 8.67. The molecule has 2 amide bonds. The average molecular weight is 398 g/mol. The number of hydrogen-bond acceptors (Lipinski definition) is 6. The van der Waals surface area contributed by atoms with Crippen LogP contribution >= 0.6 is 0 Å². The molecule has 0 unspecified atom stereocenters. The van der Waals surface area contributed by atoms with E-state index in [0.29, 0.717) is 0 Å². The number of alkyl carbamates (subject to hydrolysis) is 1. The van der Waals surface area contributed by atoms with Crippen LogP contribution < -0.4 is 21.9 Å². The maximum atomic E-state index is 12.5. The summed E-state index contributed by atoms with van der Waals surface area (Å²) < 4.78 is 7.04. The molecule has 0 radical (unpaired) electrons. The molecule has 0 fully saturated rings. The predicted molar refractivity (Wildman–Crippen MR) is 99.2 cm³/mol. The van der Waals surface area contributed by atoms with E-state index in [1.165, 1.54) is 13.1 Å². The van der Waals surface area contributed by atoms with E-state index in [4.69, 9.17) is 9.84 Å². The molecule has 0 saturated heterocycles. The summed E-state index contributed by atoms with van der Waals surface area (Å²) in [6.07, 6.45) is 0.348. The van der Waals surface area contributed by atoms with Gasteiger partial charge in [0, 0.05) is 31.4 Å². The number of carboxylic acid groups (broad SMARTS) is 1. The Kier molecular flexibility index (Phi) is 7.96. The third kappa shape index (κ3) is 7.64. The van der Waals surface area contributed by atoms with Gasteiger partial charge in [0.05, 0.1) is 6.42 Å². The van der Waals surface area contributed by atoms with E-state index in [1.54, 1.807) is 20.8 Å². The minimum absolute atomic E-state index is 0.0156. The molecule has 1 rings (SSSR count). The van der Waals surface area contributed by atoms with Crippen LogP contribution in [0.5, 0.6) is 0 Å². The molecule has 0 aliphatic rings. The van der Waals surface area contributed by atoms with Crippen LogP contribution in [0, 0.1) is 6.92 Å². The van der Waals surface area contributed by atoms with Crippen LogP contribution in [-0.4, -0.2) is 50.9 Å². The molecule has 0 aliphatic carbocycles. The summed E-state index contributed by atoms with van der Waals surface area (Å²) in [6, 6.07) is 0. The highest BCUT2D eigenvalue weighted by molar-refractivity contribution is 5.76. The number of aliphatic carboxylic acids is 1. The molecule has 0 saturated carbocycles. The molecular formula is C17H26N4O7. The van der Waals surface area contributed by atoms with Gasteiger partial charge in [0.25, 0.3) is 5.56 Å². The van der Waals surface area contributed by atoms with Gasteiger partial charge in [-0.2, -0.15) is 0 Å². The molecule has 1 aromatic heterocycles. The number of carbonyl (C=O) groups excluding carboxylic acids is 2. The predicted octanol–water partition coefficient (Wildman–Crippen LogP) is -0.566. The van der Waals surface area contributed by atoms with E-state index in [-0.39, 0.29) is 38.2 Å². The number of aromatic nitrogens is 2. The fourth-order valence-electron chi connectivity index (χ4n) is 2.21. The zero-order valence-corrected chi connectivity index (χ0v) is 16.4. The monoisotopic (exact) mass is 398 g/mol. The first-order chi connectivity index (χ1) is 12.9. The number of carbonyl (C=O) groups is 3. The SMILES string of the molecule is Cc1cn(CC(=O)NCCC(=O)O)c(=O)n(CCNC(=O)OC(C)(C)C)c1=O. The third-order valence-electron chi connectivity index (χ3n) is 3.39. The molecule has 0 atom stereocenters. The molecule has 0 aliphatic heterocycles. The number of amides is 2. The van der Waals surface area contributed by atoms with Crippen LogP contribution in [0.25, 0.3) is 0 Å². The summed E-state index contributed by atoms with van der Waals surface area (Å²) in [5, 5.41) is 13.4. The van der Waals surface area contributed by atoms with Crippen molar-refractivity contribution in [3.05, 3.63) is 32.6 Å². The van der Waals surface area contributed by atoms with Crippen molar-refractivity contribution >= 4 is 18.0 Å². The van der Waals surface area contributed by atoms with Gasteiger partial charge in [0.15, 0.2) is 0 Å². The number of ether oxygens (including phenoxy) is 1. The summed E-state index contributed by atoms with van der Waals surface area (Å²) in [4.78, 5) is 58.7. The molecule has 11 nitrogen and oxygen atoms in total. The van der Waals surface area contributed by atoms with Crippen LogP contribution in [0.3, 0.4) is 0 Å². The fraction of sp³-hybridized carbons (Fsp3) is 0.588. The Balaban J connectivity index is 2.81. The molecule has 3 N–H and O–H groups in total. The lowest BCUT2D eigenvalue weighted by Gasteiger charge is -2.19. The van der Waals surface area contributed by atoms with Crippen LogP contribution in [0.4, 0.5) is 4.79 Å². The molecular weight excluding hydrogens is 372 g/mol. The average Bonchev–Trinajstić information content (AvgIpc) is 2.53. The summed E-state index contributed by atoms with van der Waals surface area (Å²) in [7, 11) is 0. The first kappa shape index (κ1) is 22.9. The van der Waals surface area contributed by atoms with Gasteiger partial charge in [0.2, 0.25) is 5.91 Å². The van der Waals surface area contributed by atoms with E-state index in [2.05, 4.69) is 10.6 Å². The Morgan fingerprint density at radius 1 is 1.14 bits per heavy atom. The second kappa shape index (κ2) is 9.72. The van der Waals surface area contributed by atoms with E-state index in [9.17, 15) is 24.0 Å². The fourth-order valence-corrected chi connectivity index (χ4v) is 2.21. The van der Waals surface area contributed by atoms with Crippen molar-refractivity contribution in [1.82, 2.24) is 19.8 Å². The molecule has 0 aromatic carbocycles. The van der Waals surface area contributed by atoms with E-state index in [0.717, 1.165) is 9.13 Å². The molecule has 1 aromatic rings. The zero-order valence-electron chi connectivity index (χ0n) is 16.4. The second-order valence-electron chi connectivity index (χ2n) is 7.10. The van der Waals surface area contributed by atoms with Crippen molar-refractivity contribution in [2.24, 2.45) is 0 Å². The van der Waals surface area contributed by atoms with E-state index >= 15 is 0 Å². The van der Waals surface area contributed by atoms with Crippen LogP contribution in [0.15, 0.2) is 15.8 Å². The normalized spacial score (nSPS) is 11.0. The maximum absolute atomic E-state index is 12.5. The summed E-state index contributed by atoms with van der Waals surface area (Å²) in [5.41, 5.74) is -1.67. The lowest BCUT2D eigenvalue weighted by molar-refractivity contribution is -0.136. The van der Waals surface area contributed by atoms with Gasteiger partial charge in [0.1, 0.15) is 12.1 Å². The van der Waals surface area contributed by atoms with Gasteiger partial charge in [-0.25, -0.2) is 9.59 Å². The van der Waals surface area contributed by atoms with Gasteiger partial charge < -0.3 is 20.5 Å². The lowest BCUT2D eigenvalue weighted by atomic mass is 10.2. The smallest absolute Gasteiger partial charge is 0.407 e. The van der Waals surface area contributed by atoms with Gasteiger partial charge in [-0.05, 0) is 27.7 Å². The quantitative estimate of drug-likeness (QED) is 0.531. The van der Waals surface area contributed by atoms with Crippen molar-refractivity contribution in [3.63, 3.8) is 0 Å². The molecule has 0 bridgehead atoms. The Labute approximate surface area is 161 Å². The topological polar surface area (TPSA) is 149 Å². The standard InChI is InChI=1S/C17H26N4O7/c1-11-9-20(10-12(22)18-6-5-13(23)24)16(27)21(14(11)25)8-7-19-15(26)28-17(2,3)4/h9H,5-8,10H2,1-4H3,(H,18,22)(H,19,26)(H,23,24). The highest BCUT2D eigenvalue weighted by atomic mass is 16.6. The van der Waals surface area contributed by atoms with Gasteiger partial charge in [-0.1, -0.05) is 0 Å². The Morgan fingerprint density at radius 2 is 1.79 bits per heavy atom. The van der Waals surface area contributed by atoms with Crippen molar-refractivity contribution in [3.8, 4) is 0 Å². The number of nitrogens with zero attached hydrogens (tertiary/aromatic N) is 2. The van der Waals surface area contributed by atoms with E-state index < -0.39 is 34.8 Å². The Hall–Kier alpha value is -3.11. The van der Waals surface area contributed by atoms with Crippen LogP contribution in [0.1, 0.15) is 32.8 Å². The molecule has 1 heterocycles. The Bertz CT molecular complexity index is 849. The summed E-state index contributed by atoms with van der Waals surface area (Å²) in [5.74, 6) is -1.61. The van der Waals surface area contributed by atoms with Crippen LogP contribution in [0.2, 0.25) is 0 Å². The molecule has 156 valence electrons. The van der Waals surface area contributed by atoms with Gasteiger partial charge in [-0.15, -0.1) is 0 Å². The van der Waals surface area contributed by atoms with Crippen molar-refractivity contribution < 1.29 is 24.2 Å². The second-order valence-corrected chi connectivity index (χ2v) is 7.10. The summed E-state index contributed by atoms with van der Waals surface area (Å²) in [6.45, 7) is 6.07. The minimum Gasteiger partial charge on any atom is -0.481 e.